The van der Waals surface area contributed by atoms with E-state index in [0.717, 1.165) is 27.5 Å². The number of benzene rings is 1. The predicted octanol–water partition coefficient (Wildman–Crippen LogP) is 2.55. The minimum atomic E-state index is -3.58. The lowest BCUT2D eigenvalue weighted by Gasteiger charge is -2.07. The van der Waals surface area contributed by atoms with Gasteiger partial charge >= 0.3 is 0 Å². The van der Waals surface area contributed by atoms with E-state index in [1.165, 1.54) is 0 Å². The monoisotopic (exact) mass is 278 g/mol. The van der Waals surface area contributed by atoms with Crippen molar-refractivity contribution in [2.45, 2.75) is 38.5 Å². The molecule has 0 aliphatic heterocycles. The minimum Gasteiger partial charge on any atom is -0.199 e. The molecule has 0 spiro atoms. The fourth-order valence-corrected chi connectivity index (χ4v) is 3.27. The van der Waals surface area contributed by atoms with Gasteiger partial charge in [-0.15, -0.1) is 0 Å². The lowest BCUT2D eigenvalue weighted by molar-refractivity contribution is 0.576. The quantitative estimate of drug-likeness (QED) is 0.863. The molecule has 0 N–H and O–H groups in total. The van der Waals surface area contributed by atoms with Crippen LogP contribution in [-0.2, 0) is 22.9 Å². The second-order valence-corrected chi connectivity index (χ2v) is 6.26. The number of aromatic nitrogens is 2. The van der Waals surface area contributed by atoms with Gasteiger partial charge in [0.1, 0.15) is 0 Å². The molecular formula is C14H18N2O2S. The van der Waals surface area contributed by atoms with E-state index >= 15 is 0 Å². The molecular weight excluding hydrogens is 260 g/mol. The van der Waals surface area contributed by atoms with Crippen LogP contribution in [0.1, 0.15) is 30.8 Å². The Kier molecular flexibility index (Phi) is 3.75. The Bertz CT molecular complexity index is 670. The Balaban J connectivity index is 2.55. The zero-order chi connectivity index (χ0) is 14.0. The van der Waals surface area contributed by atoms with Gasteiger partial charge < -0.3 is 0 Å². The molecule has 0 saturated heterocycles. The Hall–Kier alpha value is -1.62. The van der Waals surface area contributed by atoms with Crippen LogP contribution >= 0.6 is 0 Å². The lowest BCUT2D eigenvalue weighted by atomic mass is 10.2. The number of rotatable bonds is 4. The van der Waals surface area contributed by atoms with E-state index < -0.39 is 10.0 Å². The molecule has 0 saturated carbocycles. The first-order valence-corrected chi connectivity index (χ1v) is 7.83. The summed E-state index contributed by atoms with van der Waals surface area (Å²) in [6, 6.07) is 8.69. The van der Waals surface area contributed by atoms with Crippen molar-refractivity contribution in [3.8, 4) is 0 Å². The molecule has 5 heteroatoms. The summed E-state index contributed by atoms with van der Waals surface area (Å²) in [6.07, 6.45) is 1.36. The number of hydrogen-bond acceptors (Lipinski definition) is 3. The molecule has 2 rings (SSSR count). The smallest absolute Gasteiger partial charge is 0.199 e. The molecule has 0 unspecified atom stereocenters. The number of nitrogens with zero attached hydrogens (tertiary/aromatic N) is 2. The number of aryl methyl sites for hydroxylation is 3. The fraction of sp³-hybridized carbons (Fsp3) is 0.357. The highest BCUT2D eigenvalue weighted by atomic mass is 32.2. The Morgan fingerprint density at radius 2 is 1.74 bits per heavy atom. The van der Waals surface area contributed by atoms with Crippen molar-refractivity contribution < 1.29 is 8.42 Å². The van der Waals surface area contributed by atoms with Crippen molar-refractivity contribution in [1.29, 1.82) is 0 Å². The summed E-state index contributed by atoms with van der Waals surface area (Å²) in [6.45, 7) is 5.82. The lowest BCUT2D eigenvalue weighted by Crippen LogP contribution is -2.17. The van der Waals surface area contributed by atoms with E-state index in [-0.39, 0.29) is 4.90 Å². The summed E-state index contributed by atoms with van der Waals surface area (Å²) in [7, 11) is -3.58. The fourth-order valence-electron chi connectivity index (χ4n) is 1.89. The van der Waals surface area contributed by atoms with E-state index in [1.807, 2.05) is 26.8 Å². The van der Waals surface area contributed by atoms with Gasteiger partial charge in [-0.2, -0.15) is 17.6 Å². The van der Waals surface area contributed by atoms with Crippen molar-refractivity contribution >= 4 is 10.0 Å². The summed E-state index contributed by atoms with van der Waals surface area (Å²) in [5, 5.41) is 4.20. The van der Waals surface area contributed by atoms with E-state index in [1.54, 1.807) is 24.3 Å². The Labute approximate surface area is 114 Å². The van der Waals surface area contributed by atoms with E-state index in [0.29, 0.717) is 6.42 Å². The van der Waals surface area contributed by atoms with Gasteiger partial charge in [0.05, 0.1) is 16.3 Å². The summed E-state index contributed by atoms with van der Waals surface area (Å²) in [5.41, 5.74) is 2.55. The maximum atomic E-state index is 12.6. The highest BCUT2D eigenvalue weighted by Gasteiger charge is 2.21. The summed E-state index contributed by atoms with van der Waals surface area (Å²) >= 11 is 0. The molecule has 1 heterocycles. The molecule has 0 bridgehead atoms. The molecule has 102 valence electrons. The molecule has 0 atom stereocenters. The second kappa shape index (κ2) is 5.17. The summed E-state index contributed by atoms with van der Waals surface area (Å²) in [4.78, 5) is 0.276. The van der Waals surface area contributed by atoms with Crippen molar-refractivity contribution in [2.24, 2.45) is 0 Å². The topological polar surface area (TPSA) is 52.0 Å². The third-order valence-corrected chi connectivity index (χ3v) is 4.71. The molecule has 4 nitrogen and oxygen atoms in total. The SMILES string of the molecule is CCc1cc(CC)n(S(=O)(=O)c2ccc(C)cc2)n1. The van der Waals surface area contributed by atoms with E-state index in [2.05, 4.69) is 5.10 Å². The molecule has 2 aromatic rings. The molecule has 0 fully saturated rings. The van der Waals surface area contributed by atoms with Gasteiger partial charge in [0.2, 0.25) is 0 Å². The van der Waals surface area contributed by atoms with Crippen LogP contribution < -0.4 is 0 Å². The Morgan fingerprint density at radius 1 is 1.11 bits per heavy atom. The average molecular weight is 278 g/mol. The Morgan fingerprint density at radius 3 is 2.26 bits per heavy atom. The van der Waals surface area contributed by atoms with Crippen LogP contribution in [0, 0.1) is 6.92 Å². The minimum absolute atomic E-state index is 0.276. The molecule has 0 radical (unpaired) electrons. The normalized spacial score (nSPS) is 11.7. The van der Waals surface area contributed by atoms with Gasteiger partial charge in [0.15, 0.2) is 0 Å². The first-order chi connectivity index (χ1) is 8.98. The van der Waals surface area contributed by atoms with Crippen LogP contribution in [0.2, 0.25) is 0 Å². The first-order valence-electron chi connectivity index (χ1n) is 6.39. The van der Waals surface area contributed by atoms with E-state index in [4.69, 9.17) is 0 Å². The van der Waals surface area contributed by atoms with Gasteiger partial charge in [0.25, 0.3) is 10.0 Å². The van der Waals surface area contributed by atoms with Gasteiger partial charge in [-0.05, 0) is 38.0 Å². The zero-order valence-corrected chi connectivity index (χ0v) is 12.2. The summed E-state index contributed by atoms with van der Waals surface area (Å²) < 4.78 is 26.3. The highest BCUT2D eigenvalue weighted by Crippen LogP contribution is 2.17. The average Bonchev–Trinajstić information content (AvgIpc) is 2.83. The van der Waals surface area contributed by atoms with Gasteiger partial charge in [0, 0.05) is 0 Å². The molecule has 0 aliphatic rings. The van der Waals surface area contributed by atoms with Crippen LogP contribution in [0.3, 0.4) is 0 Å². The van der Waals surface area contributed by atoms with Crippen molar-refractivity contribution in [2.75, 3.05) is 0 Å². The second-order valence-electron chi connectivity index (χ2n) is 4.50. The zero-order valence-electron chi connectivity index (χ0n) is 11.4. The standard InChI is InChI=1S/C14H18N2O2S/c1-4-12-10-13(5-2)16(15-12)19(17,18)14-8-6-11(3)7-9-14/h6-10H,4-5H2,1-3H3. The summed E-state index contributed by atoms with van der Waals surface area (Å²) in [5.74, 6) is 0. The van der Waals surface area contributed by atoms with Gasteiger partial charge in [-0.3, -0.25) is 0 Å². The maximum absolute atomic E-state index is 12.6. The van der Waals surface area contributed by atoms with Crippen LogP contribution in [-0.4, -0.2) is 17.6 Å². The van der Waals surface area contributed by atoms with Crippen LogP contribution in [0.25, 0.3) is 0 Å². The third-order valence-electron chi connectivity index (χ3n) is 3.07. The van der Waals surface area contributed by atoms with Crippen molar-refractivity contribution in [3.05, 3.63) is 47.3 Å². The first kappa shape index (κ1) is 13.8. The highest BCUT2D eigenvalue weighted by molar-refractivity contribution is 7.89. The predicted molar refractivity (Wildman–Crippen MR) is 74.7 cm³/mol. The van der Waals surface area contributed by atoms with Crippen LogP contribution in [0.4, 0.5) is 0 Å². The molecule has 0 amide bonds. The van der Waals surface area contributed by atoms with E-state index in [9.17, 15) is 8.42 Å². The largest absolute Gasteiger partial charge is 0.283 e. The van der Waals surface area contributed by atoms with Crippen molar-refractivity contribution in [1.82, 2.24) is 9.19 Å². The number of hydrogen-bond donors (Lipinski definition) is 0. The molecule has 1 aromatic carbocycles. The third kappa shape index (κ3) is 2.56. The van der Waals surface area contributed by atoms with Gasteiger partial charge in [-0.1, -0.05) is 31.5 Å². The molecule has 1 aromatic heterocycles. The molecule has 0 aliphatic carbocycles. The van der Waals surface area contributed by atoms with Crippen LogP contribution in [0.5, 0.6) is 0 Å². The maximum Gasteiger partial charge on any atom is 0.283 e. The molecule has 19 heavy (non-hydrogen) atoms. The van der Waals surface area contributed by atoms with Crippen molar-refractivity contribution in [3.63, 3.8) is 0 Å². The van der Waals surface area contributed by atoms with Crippen LogP contribution in [0.15, 0.2) is 35.2 Å². The van der Waals surface area contributed by atoms with Gasteiger partial charge in [-0.25, -0.2) is 0 Å².